The Kier molecular flexibility index (Phi) is 2.79. The van der Waals surface area contributed by atoms with Gasteiger partial charge in [0.05, 0.1) is 0 Å². The Bertz CT molecular complexity index is 315. The van der Waals surface area contributed by atoms with Crippen molar-refractivity contribution in [1.29, 1.82) is 0 Å². The molecule has 0 radical (unpaired) electrons. The van der Waals surface area contributed by atoms with E-state index >= 15 is 0 Å². The molecular formula is C15H24. The average Bonchev–Trinajstić information content (AvgIpc) is 2.17. The minimum Gasteiger partial charge on any atom is -0.0732 e. The fraction of sp³-hybridized carbons (Fsp3) is 0.733. The number of rotatable bonds is 0. The van der Waals surface area contributed by atoms with E-state index in [9.17, 15) is 0 Å². The molecule has 0 aliphatic heterocycles. The van der Waals surface area contributed by atoms with Crippen LogP contribution in [0, 0.1) is 11.3 Å². The molecule has 0 amide bonds. The zero-order chi connectivity index (χ0) is 11.1. The van der Waals surface area contributed by atoms with E-state index in [0.29, 0.717) is 5.41 Å². The number of hydrogen-bond acceptors (Lipinski definition) is 0. The molecule has 0 aromatic rings. The van der Waals surface area contributed by atoms with Crippen LogP contribution in [-0.4, -0.2) is 0 Å². The van der Waals surface area contributed by atoms with Gasteiger partial charge in [-0.15, -0.1) is 0 Å². The van der Waals surface area contributed by atoms with Crippen LogP contribution in [0.1, 0.15) is 59.8 Å². The first kappa shape index (κ1) is 11.0. The lowest BCUT2D eigenvalue weighted by Gasteiger charge is -2.43. The Balaban J connectivity index is 2.38. The molecule has 1 saturated carbocycles. The highest BCUT2D eigenvalue weighted by Gasteiger charge is 2.37. The first-order valence-corrected chi connectivity index (χ1v) is 6.41. The highest BCUT2D eigenvalue weighted by Crippen LogP contribution is 2.50. The summed E-state index contributed by atoms with van der Waals surface area (Å²) in [5.41, 5.74) is 5.41. The summed E-state index contributed by atoms with van der Waals surface area (Å²) in [4.78, 5) is 0. The van der Waals surface area contributed by atoms with Crippen LogP contribution in [0.15, 0.2) is 22.8 Å². The number of allylic oxidation sites excluding steroid dienone is 4. The SMILES string of the molecule is CC(C)=C1C=C2C(C)CCCC2(C)CC1. The van der Waals surface area contributed by atoms with E-state index in [-0.39, 0.29) is 0 Å². The highest BCUT2D eigenvalue weighted by atomic mass is 14.4. The molecule has 2 unspecified atom stereocenters. The van der Waals surface area contributed by atoms with Crippen molar-refractivity contribution in [1.82, 2.24) is 0 Å². The summed E-state index contributed by atoms with van der Waals surface area (Å²) in [5, 5.41) is 0. The molecule has 0 aromatic carbocycles. The second-order valence-electron chi connectivity index (χ2n) is 5.98. The second-order valence-corrected chi connectivity index (χ2v) is 5.98. The van der Waals surface area contributed by atoms with Gasteiger partial charge in [0.15, 0.2) is 0 Å². The Labute approximate surface area is 94.5 Å². The molecule has 84 valence electrons. The van der Waals surface area contributed by atoms with Gasteiger partial charge < -0.3 is 0 Å². The topological polar surface area (TPSA) is 0 Å². The van der Waals surface area contributed by atoms with Crippen molar-refractivity contribution in [3.63, 3.8) is 0 Å². The summed E-state index contributed by atoms with van der Waals surface area (Å²) in [5.74, 6) is 0.818. The van der Waals surface area contributed by atoms with Crippen molar-refractivity contribution in [2.24, 2.45) is 11.3 Å². The molecule has 0 aromatic heterocycles. The summed E-state index contributed by atoms with van der Waals surface area (Å²) < 4.78 is 0. The van der Waals surface area contributed by atoms with Crippen molar-refractivity contribution in [3.8, 4) is 0 Å². The summed E-state index contributed by atoms with van der Waals surface area (Å²) >= 11 is 0. The first-order valence-electron chi connectivity index (χ1n) is 6.41. The van der Waals surface area contributed by atoms with E-state index in [2.05, 4.69) is 33.8 Å². The van der Waals surface area contributed by atoms with Gasteiger partial charge in [-0.2, -0.15) is 0 Å². The minimum absolute atomic E-state index is 0.538. The first-order chi connectivity index (χ1) is 7.03. The van der Waals surface area contributed by atoms with Gasteiger partial charge >= 0.3 is 0 Å². The van der Waals surface area contributed by atoms with Gasteiger partial charge in [-0.05, 0) is 56.4 Å². The van der Waals surface area contributed by atoms with Crippen molar-refractivity contribution in [2.45, 2.75) is 59.8 Å². The maximum absolute atomic E-state index is 2.53. The van der Waals surface area contributed by atoms with Gasteiger partial charge in [-0.25, -0.2) is 0 Å². The van der Waals surface area contributed by atoms with E-state index in [1.807, 2.05) is 0 Å². The predicted octanol–water partition coefficient (Wildman–Crippen LogP) is 4.87. The smallest absolute Gasteiger partial charge is 0.0107 e. The highest BCUT2D eigenvalue weighted by molar-refractivity contribution is 5.36. The van der Waals surface area contributed by atoms with Crippen LogP contribution in [0.2, 0.25) is 0 Å². The zero-order valence-corrected chi connectivity index (χ0v) is 10.7. The molecule has 0 nitrogen and oxygen atoms in total. The monoisotopic (exact) mass is 204 g/mol. The molecule has 2 aliphatic rings. The molecule has 0 saturated heterocycles. The number of hydrogen-bond donors (Lipinski definition) is 0. The van der Waals surface area contributed by atoms with Crippen LogP contribution in [0.4, 0.5) is 0 Å². The lowest BCUT2D eigenvalue weighted by molar-refractivity contribution is 0.238. The zero-order valence-electron chi connectivity index (χ0n) is 10.7. The molecule has 2 rings (SSSR count). The third kappa shape index (κ3) is 1.91. The van der Waals surface area contributed by atoms with E-state index in [0.717, 1.165) is 5.92 Å². The van der Waals surface area contributed by atoms with Crippen LogP contribution >= 0.6 is 0 Å². The van der Waals surface area contributed by atoms with E-state index in [1.54, 1.807) is 11.1 Å². The Hall–Kier alpha value is -0.520. The van der Waals surface area contributed by atoms with Crippen LogP contribution in [-0.2, 0) is 0 Å². The Morgan fingerprint density at radius 1 is 1.33 bits per heavy atom. The lowest BCUT2D eigenvalue weighted by Crippen LogP contribution is -2.30. The third-order valence-electron chi connectivity index (χ3n) is 4.51. The second kappa shape index (κ2) is 3.81. The molecule has 1 fully saturated rings. The van der Waals surface area contributed by atoms with Gasteiger partial charge in [0.2, 0.25) is 0 Å². The van der Waals surface area contributed by atoms with Gasteiger partial charge in [0.1, 0.15) is 0 Å². The molecule has 0 bridgehead atoms. The van der Waals surface area contributed by atoms with Crippen LogP contribution in [0.5, 0.6) is 0 Å². The maximum atomic E-state index is 2.53. The fourth-order valence-corrected chi connectivity index (χ4v) is 3.34. The fourth-order valence-electron chi connectivity index (χ4n) is 3.34. The molecule has 0 N–H and O–H groups in total. The summed E-state index contributed by atoms with van der Waals surface area (Å²) in [6.45, 7) is 9.40. The van der Waals surface area contributed by atoms with Crippen LogP contribution in [0.25, 0.3) is 0 Å². The van der Waals surface area contributed by atoms with Gasteiger partial charge in [-0.1, -0.05) is 37.5 Å². The van der Waals surface area contributed by atoms with Crippen molar-refractivity contribution in [3.05, 3.63) is 22.8 Å². The summed E-state index contributed by atoms with van der Waals surface area (Å²) in [6, 6.07) is 0. The summed E-state index contributed by atoms with van der Waals surface area (Å²) in [7, 11) is 0. The molecule has 15 heavy (non-hydrogen) atoms. The van der Waals surface area contributed by atoms with Gasteiger partial charge in [0, 0.05) is 0 Å². The van der Waals surface area contributed by atoms with Crippen LogP contribution < -0.4 is 0 Å². The largest absolute Gasteiger partial charge is 0.0732 e. The van der Waals surface area contributed by atoms with Crippen molar-refractivity contribution < 1.29 is 0 Å². The van der Waals surface area contributed by atoms with Crippen molar-refractivity contribution >= 4 is 0 Å². The number of fused-ring (bicyclic) bond motifs is 1. The molecular weight excluding hydrogens is 180 g/mol. The quantitative estimate of drug-likeness (QED) is 0.528. The third-order valence-corrected chi connectivity index (χ3v) is 4.51. The molecule has 2 atom stereocenters. The maximum Gasteiger partial charge on any atom is -0.0107 e. The van der Waals surface area contributed by atoms with E-state index < -0.39 is 0 Å². The van der Waals surface area contributed by atoms with Crippen LogP contribution in [0.3, 0.4) is 0 Å². The standard InChI is InChI=1S/C15H24/c1-11(2)13-7-9-15(4)8-5-6-12(3)14(15)10-13/h10,12H,5-9H2,1-4H3. The Morgan fingerprint density at radius 3 is 2.73 bits per heavy atom. The molecule has 2 aliphatic carbocycles. The predicted molar refractivity (Wildman–Crippen MR) is 66.8 cm³/mol. The molecule has 0 heterocycles. The van der Waals surface area contributed by atoms with E-state index in [4.69, 9.17) is 0 Å². The van der Waals surface area contributed by atoms with E-state index in [1.165, 1.54) is 37.7 Å². The average molecular weight is 204 g/mol. The summed E-state index contributed by atoms with van der Waals surface area (Å²) in [6.07, 6.45) is 9.46. The Morgan fingerprint density at radius 2 is 2.07 bits per heavy atom. The van der Waals surface area contributed by atoms with Gasteiger partial charge in [0.25, 0.3) is 0 Å². The van der Waals surface area contributed by atoms with Crippen molar-refractivity contribution in [2.75, 3.05) is 0 Å². The van der Waals surface area contributed by atoms with Gasteiger partial charge in [-0.3, -0.25) is 0 Å². The lowest BCUT2D eigenvalue weighted by atomic mass is 9.62. The normalized spacial score (nSPS) is 35.9. The molecule has 0 spiro atoms. The molecule has 0 heteroatoms. The minimum atomic E-state index is 0.538.